The molecule has 2 aromatic rings. The molecule has 1 N–H and O–H groups in total. The summed E-state index contributed by atoms with van der Waals surface area (Å²) in [6.45, 7) is -0.362. The summed E-state index contributed by atoms with van der Waals surface area (Å²) in [6, 6.07) is 13.0. The van der Waals surface area contributed by atoms with Crippen molar-refractivity contribution in [2.75, 3.05) is 6.61 Å². The van der Waals surface area contributed by atoms with Gasteiger partial charge < -0.3 is 10.1 Å². The van der Waals surface area contributed by atoms with Gasteiger partial charge in [0.1, 0.15) is 0 Å². The number of rotatable bonds is 6. The summed E-state index contributed by atoms with van der Waals surface area (Å²) < 4.78 is 5.15. The molecule has 146 valence electrons. The second-order valence-corrected chi connectivity index (χ2v) is 7.30. The van der Waals surface area contributed by atoms with Crippen molar-refractivity contribution in [2.45, 2.75) is 38.1 Å². The summed E-state index contributed by atoms with van der Waals surface area (Å²) in [7, 11) is 0. The summed E-state index contributed by atoms with van der Waals surface area (Å²) >= 11 is 5.86. The second-order valence-electron chi connectivity index (χ2n) is 6.86. The van der Waals surface area contributed by atoms with Crippen LogP contribution in [-0.2, 0) is 9.53 Å². The Morgan fingerprint density at radius 3 is 2.25 bits per heavy atom. The lowest BCUT2D eigenvalue weighted by molar-refractivity contribution is -0.125. The van der Waals surface area contributed by atoms with Crippen molar-refractivity contribution in [3.63, 3.8) is 0 Å². The molecular weight excluding hydrogens is 378 g/mol. The van der Waals surface area contributed by atoms with Crippen LogP contribution in [-0.4, -0.2) is 30.3 Å². The Morgan fingerprint density at radius 2 is 1.57 bits per heavy atom. The lowest BCUT2D eigenvalue weighted by atomic mass is 9.95. The average molecular weight is 400 g/mol. The molecule has 0 heterocycles. The van der Waals surface area contributed by atoms with Gasteiger partial charge in [0, 0.05) is 22.2 Å². The first kappa shape index (κ1) is 20.1. The molecule has 3 rings (SSSR count). The first-order valence-electron chi connectivity index (χ1n) is 9.40. The molecule has 0 atom stereocenters. The van der Waals surface area contributed by atoms with Gasteiger partial charge in [-0.05, 0) is 43.2 Å². The van der Waals surface area contributed by atoms with Crippen LogP contribution in [0.5, 0.6) is 0 Å². The largest absolute Gasteiger partial charge is 0.452 e. The maximum atomic E-state index is 12.8. The molecule has 0 aliphatic heterocycles. The SMILES string of the molecule is O=C(COC(=O)c1ccccc1C(=O)c1ccc(Cl)cc1)NC1CCCCC1. The number of ketones is 1. The lowest BCUT2D eigenvalue weighted by Crippen LogP contribution is -2.38. The number of hydrogen-bond donors (Lipinski definition) is 1. The lowest BCUT2D eigenvalue weighted by Gasteiger charge is -2.22. The first-order chi connectivity index (χ1) is 13.5. The van der Waals surface area contributed by atoms with E-state index in [0.717, 1.165) is 25.7 Å². The number of carbonyl (C=O) groups excluding carboxylic acids is 3. The fourth-order valence-electron chi connectivity index (χ4n) is 3.34. The van der Waals surface area contributed by atoms with Crippen LogP contribution in [0.15, 0.2) is 48.5 Å². The molecule has 0 saturated heterocycles. The summed E-state index contributed by atoms with van der Waals surface area (Å²) in [4.78, 5) is 37.3. The molecule has 1 saturated carbocycles. The number of ether oxygens (including phenoxy) is 1. The van der Waals surface area contributed by atoms with Gasteiger partial charge in [0.25, 0.3) is 5.91 Å². The summed E-state index contributed by atoms with van der Waals surface area (Å²) in [5, 5.41) is 3.42. The molecule has 0 aromatic heterocycles. The molecule has 2 aromatic carbocycles. The first-order valence-corrected chi connectivity index (χ1v) is 9.78. The van der Waals surface area contributed by atoms with E-state index in [0.29, 0.717) is 10.6 Å². The van der Waals surface area contributed by atoms with Gasteiger partial charge in [-0.25, -0.2) is 4.79 Å². The molecule has 0 bridgehead atoms. The van der Waals surface area contributed by atoms with E-state index in [2.05, 4.69) is 5.32 Å². The standard InChI is InChI=1S/C22H22ClNO4/c23-16-12-10-15(11-13-16)21(26)18-8-4-5-9-19(18)22(27)28-14-20(25)24-17-6-2-1-3-7-17/h4-5,8-13,17H,1-3,6-7,14H2,(H,24,25). The average Bonchev–Trinajstić information content (AvgIpc) is 2.73. The predicted octanol–water partition coefficient (Wildman–Crippen LogP) is 4.18. The van der Waals surface area contributed by atoms with Crippen LogP contribution in [0.2, 0.25) is 5.02 Å². The van der Waals surface area contributed by atoms with Gasteiger partial charge in [-0.2, -0.15) is 0 Å². The highest BCUT2D eigenvalue weighted by atomic mass is 35.5. The van der Waals surface area contributed by atoms with Gasteiger partial charge in [0.05, 0.1) is 5.56 Å². The van der Waals surface area contributed by atoms with E-state index in [-0.39, 0.29) is 35.5 Å². The minimum absolute atomic E-state index is 0.132. The molecule has 1 fully saturated rings. The zero-order valence-electron chi connectivity index (χ0n) is 15.4. The molecule has 1 aliphatic carbocycles. The predicted molar refractivity (Wildman–Crippen MR) is 107 cm³/mol. The van der Waals surface area contributed by atoms with Gasteiger partial charge in [0.15, 0.2) is 12.4 Å². The third-order valence-electron chi connectivity index (χ3n) is 4.80. The number of benzene rings is 2. The van der Waals surface area contributed by atoms with E-state index in [1.807, 2.05) is 0 Å². The van der Waals surface area contributed by atoms with Gasteiger partial charge >= 0.3 is 5.97 Å². The van der Waals surface area contributed by atoms with Gasteiger partial charge in [0.2, 0.25) is 0 Å². The third kappa shape index (κ3) is 5.20. The molecule has 1 aliphatic rings. The van der Waals surface area contributed by atoms with Crippen LogP contribution in [0.4, 0.5) is 0 Å². The molecule has 28 heavy (non-hydrogen) atoms. The Labute approximate surface area is 169 Å². The maximum Gasteiger partial charge on any atom is 0.339 e. The van der Waals surface area contributed by atoms with E-state index in [1.165, 1.54) is 12.5 Å². The van der Waals surface area contributed by atoms with Gasteiger partial charge in [-0.3, -0.25) is 9.59 Å². The van der Waals surface area contributed by atoms with Crippen molar-refractivity contribution in [3.8, 4) is 0 Å². The molecule has 6 heteroatoms. The summed E-state index contributed by atoms with van der Waals surface area (Å²) in [5.41, 5.74) is 0.773. The van der Waals surface area contributed by atoms with Crippen LogP contribution in [0, 0.1) is 0 Å². The van der Waals surface area contributed by atoms with Crippen LogP contribution in [0.3, 0.4) is 0 Å². The number of nitrogens with one attached hydrogen (secondary N) is 1. The summed E-state index contributed by atoms with van der Waals surface area (Å²) in [5.74, 6) is -1.32. The van der Waals surface area contributed by atoms with Crippen LogP contribution >= 0.6 is 11.6 Å². The minimum Gasteiger partial charge on any atom is -0.452 e. The van der Waals surface area contributed by atoms with Crippen molar-refractivity contribution in [1.82, 2.24) is 5.32 Å². The van der Waals surface area contributed by atoms with E-state index in [9.17, 15) is 14.4 Å². The molecule has 0 spiro atoms. The zero-order valence-corrected chi connectivity index (χ0v) is 16.2. The number of carbonyl (C=O) groups is 3. The quantitative estimate of drug-likeness (QED) is 0.584. The zero-order chi connectivity index (χ0) is 19.9. The minimum atomic E-state index is -0.697. The topological polar surface area (TPSA) is 72.5 Å². The summed E-state index contributed by atoms with van der Waals surface area (Å²) in [6.07, 6.45) is 5.31. The van der Waals surface area contributed by atoms with Crippen LogP contribution < -0.4 is 5.32 Å². The molecule has 0 radical (unpaired) electrons. The monoisotopic (exact) mass is 399 g/mol. The Morgan fingerprint density at radius 1 is 0.929 bits per heavy atom. The van der Waals surface area contributed by atoms with Crippen molar-refractivity contribution in [3.05, 3.63) is 70.2 Å². The molecule has 0 unspecified atom stereocenters. The van der Waals surface area contributed by atoms with Gasteiger partial charge in [-0.15, -0.1) is 0 Å². The Balaban J connectivity index is 1.64. The maximum absolute atomic E-state index is 12.8. The smallest absolute Gasteiger partial charge is 0.339 e. The third-order valence-corrected chi connectivity index (χ3v) is 5.05. The van der Waals surface area contributed by atoms with Gasteiger partial charge in [-0.1, -0.05) is 49.1 Å². The normalized spacial score (nSPS) is 14.3. The second kappa shape index (κ2) is 9.51. The molecular formula is C22H22ClNO4. The molecule has 5 nitrogen and oxygen atoms in total. The highest BCUT2D eigenvalue weighted by Crippen LogP contribution is 2.19. The number of halogens is 1. The van der Waals surface area contributed by atoms with E-state index < -0.39 is 5.97 Å². The number of hydrogen-bond acceptors (Lipinski definition) is 4. The van der Waals surface area contributed by atoms with Crippen molar-refractivity contribution in [2.24, 2.45) is 0 Å². The fourth-order valence-corrected chi connectivity index (χ4v) is 3.47. The van der Waals surface area contributed by atoms with Crippen LogP contribution in [0.25, 0.3) is 0 Å². The Hall–Kier alpha value is -2.66. The van der Waals surface area contributed by atoms with E-state index >= 15 is 0 Å². The van der Waals surface area contributed by atoms with Crippen LogP contribution in [0.1, 0.15) is 58.4 Å². The Kier molecular flexibility index (Phi) is 6.82. The van der Waals surface area contributed by atoms with E-state index in [4.69, 9.17) is 16.3 Å². The highest BCUT2D eigenvalue weighted by Gasteiger charge is 2.21. The number of esters is 1. The molecule has 1 amide bonds. The van der Waals surface area contributed by atoms with E-state index in [1.54, 1.807) is 42.5 Å². The Bertz CT molecular complexity index is 857. The van der Waals surface area contributed by atoms with Crippen molar-refractivity contribution in [1.29, 1.82) is 0 Å². The fraction of sp³-hybridized carbons (Fsp3) is 0.318. The van der Waals surface area contributed by atoms with Crippen molar-refractivity contribution >= 4 is 29.3 Å². The number of amides is 1. The van der Waals surface area contributed by atoms with Crippen molar-refractivity contribution < 1.29 is 19.1 Å². The highest BCUT2D eigenvalue weighted by molar-refractivity contribution is 6.30.